The maximum absolute atomic E-state index is 6.08. The Labute approximate surface area is 94.6 Å². The number of hydrogen-bond acceptors (Lipinski definition) is 2. The van der Waals surface area contributed by atoms with E-state index in [0.29, 0.717) is 12.6 Å². The number of nitrogens with two attached hydrogens (primary N) is 1. The van der Waals surface area contributed by atoms with E-state index in [0.717, 1.165) is 18.8 Å². The van der Waals surface area contributed by atoms with E-state index >= 15 is 0 Å². The van der Waals surface area contributed by atoms with Gasteiger partial charge >= 0.3 is 0 Å². The smallest absolute Gasteiger partial charge is 0.0807 e. The summed E-state index contributed by atoms with van der Waals surface area (Å²) in [4.78, 5) is 0. The van der Waals surface area contributed by atoms with Crippen LogP contribution >= 0.6 is 0 Å². The monoisotopic (exact) mass is 213 g/mol. The number of ether oxygens (including phenoxy) is 1. The Bertz CT molecular complexity index is 181. The molecule has 0 saturated heterocycles. The lowest BCUT2D eigenvalue weighted by atomic mass is 9.92. The highest BCUT2D eigenvalue weighted by Gasteiger charge is 2.33. The van der Waals surface area contributed by atoms with Crippen molar-refractivity contribution in [1.29, 1.82) is 0 Å². The molecule has 0 amide bonds. The van der Waals surface area contributed by atoms with Crippen LogP contribution in [-0.2, 0) is 4.74 Å². The van der Waals surface area contributed by atoms with Gasteiger partial charge in [-0.2, -0.15) is 0 Å². The SMILES string of the molecule is CCC1CCCC(CN)(OC(C)C)CC1. The molecule has 2 atom stereocenters. The average molecular weight is 213 g/mol. The molecule has 1 saturated carbocycles. The molecule has 0 heterocycles. The molecular formula is C13H27NO. The standard InChI is InChI=1S/C13H27NO/c1-4-12-6-5-8-13(10-14,9-7-12)15-11(2)3/h11-12H,4-10,14H2,1-3H3. The van der Waals surface area contributed by atoms with Crippen molar-refractivity contribution < 1.29 is 4.74 Å². The van der Waals surface area contributed by atoms with Crippen LogP contribution in [0.3, 0.4) is 0 Å². The van der Waals surface area contributed by atoms with Gasteiger partial charge in [-0.05, 0) is 39.0 Å². The highest BCUT2D eigenvalue weighted by atomic mass is 16.5. The summed E-state index contributed by atoms with van der Waals surface area (Å²) in [6.07, 6.45) is 7.84. The second-order valence-electron chi connectivity index (χ2n) is 5.26. The Morgan fingerprint density at radius 1 is 1.33 bits per heavy atom. The van der Waals surface area contributed by atoms with Crippen LogP contribution in [0.4, 0.5) is 0 Å². The van der Waals surface area contributed by atoms with Gasteiger partial charge in [0.2, 0.25) is 0 Å². The molecule has 1 rings (SSSR count). The molecule has 2 unspecified atom stereocenters. The van der Waals surface area contributed by atoms with Crippen LogP contribution in [0, 0.1) is 5.92 Å². The molecule has 2 heteroatoms. The van der Waals surface area contributed by atoms with Crippen molar-refractivity contribution in [3.63, 3.8) is 0 Å². The summed E-state index contributed by atoms with van der Waals surface area (Å²) in [5.74, 6) is 0.897. The van der Waals surface area contributed by atoms with Gasteiger partial charge in [-0.25, -0.2) is 0 Å². The summed E-state index contributed by atoms with van der Waals surface area (Å²) in [6.45, 7) is 7.20. The molecule has 15 heavy (non-hydrogen) atoms. The summed E-state index contributed by atoms with van der Waals surface area (Å²) in [7, 11) is 0. The molecule has 0 aliphatic heterocycles. The van der Waals surface area contributed by atoms with Crippen LogP contribution in [0.25, 0.3) is 0 Å². The lowest BCUT2D eigenvalue weighted by Crippen LogP contribution is -2.42. The average Bonchev–Trinajstić information content (AvgIpc) is 2.40. The second kappa shape index (κ2) is 5.86. The Morgan fingerprint density at radius 3 is 2.60 bits per heavy atom. The third kappa shape index (κ3) is 3.76. The van der Waals surface area contributed by atoms with Crippen LogP contribution in [0.1, 0.15) is 59.3 Å². The zero-order valence-corrected chi connectivity index (χ0v) is 10.6. The summed E-state index contributed by atoms with van der Waals surface area (Å²) < 4.78 is 6.08. The highest BCUT2D eigenvalue weighted by molar-refractivity contribution is 4.86. The van der Waals surface area contributed by atoms with Gasteiger partial charge in [0, 0.05) is 6.54 Å². The van der Waals surface area contributed by atoms with Crippen LogP contribution in [0.2, 0.25) is 0 Å². The van der Waals surface area contributed by atoms with E-state index < -0.39 is 0 Å². The van der Waals surface area contributed by atoms with E-state index in [1.54, 1.807) is 0 Å². The van der Waals surface area contributed by atoms with Crippen LogP contribution < -0.4 is 5.73 Å². The van der Waals surface area contributed by atoms with E-state index in [1.807, 2.05) is 0 Å². The zero-order chi connectivity index (χ0) is 11.3. The molecule has 0 aromatic rings. The molecule has 0 aromatic carbocycles. The second-order valence-corrected chi connectivity index (χ2v) is 5.26. The Hall–Kier alpha value is -0.0800. The predicted molar refractivity (Wildman–Crippen MR) is 64.9 cm³/mol. The predicted octanol–water partition coefficient (Wildman–Crippen LogP) is 3.10. The Balaban J connectivity index is 2.57. The topological polar surface area (TPSA) is 35.2 Å². The third-order valence-electron chi connectivity index (χ3n) is 3.69. The molecular weight excluding hydrogens is 186 g/mol. The molecule has 2 N–H and O–H groups in total. The van der Waals surface area contributed by atoms with Crippen molar-refractivity contribution in [3.8, 4) is 0 Å². The summed E-state index contributed by atoms with van der Waals surface area (Å²) in [6, 6.07) is 0. The van der Waals surface area contributed by atoms with Crippen molar-refractivity contribution in [2.24, 2.45) is 11.7 Å². The zero-order valence-electron chi connectivity index (χ0n) is 10.6. The number of rotatable bonds is 4. The van der Waals surface area contributed by atoms with E-state index in [1.165, 1.54) is 25.7 Å². The van der Waals surface area contributed by atoms with Gasteiger partial charge in [-0.3, -0.25) is 0 Å². The lowest BCUT2D eigenvalue weighted by molar-refractivity contribution is -0.0834. The van der Waals surface area contributed by atoms with Gasteiger partial charge in [0.25, 0.3) is 0 Å². The summed E-state index contributed by atoms with van der Waals surface area (Å²) >= 11 is 0. The fourth-order valence-electron chi connectivity index (χ4n) is 2.73. The van der Waals surface area contributed by atoms with Gasteiger partial charge in [0.1, 0.15) is 0 Å². The molecule has 1 fully saturated rings. The minimum Gasteiger partial charge on any atom is -0.371 e. The first-order valence-corrected chi connectivity index (χ1v) is 6.50. The van der Waals surface area contributed by atoms with Crippen molar-refractivity contribution in [2.45, 2.75) is 71.0 Å². The quantitative estimate of drug-likeness (QED) is 0.728. The normalized spacial score (nSPS) is 33.0. The van der Waals surface area contributed by atoms with Crippen LogP contribution in [-0.4, -0.2) is 18.2 Å². The van der Waals surface area contributed by atoms with Gasteiger partial charge < -0.3 is 10.5 Å². The summed E-state index contributed by atoms with van der Waals surface area (Å²) in [5, 5.41) is 0. The van der Waals surface area contributed by atoms with E-state index in [2.05, 4.69) is 20.8 Å². The van der Waals surface area contributed by atoms with Crippen LogP contribution in [0.5, 0.6) is 0 Å². The molecule has 0 aromatic heterocycles. The first-order chi connectivity index (χ1) is 7.12. The first-order valence-electron chi connectivity index (χ1n) is 6.50. The molecule has 0 bridgehead atoms. The van der Waals surface area contributed by atoms with Crippen molar-refractivity contribution in [1.82, 2.24) is 0 Å². The largest absolute Gasteiger partial charge is 0.371 e. The molecule has 90 valence electrons. The lowest BCUT2D eigenvalue weighted by Gasteiger charge is -2.33. The molecule has 0 radical (unpaired) electrons. The maximum atomic E-state index is 6.08. The molecule has 1 aliphatic rings. The van der Waals surface area contributed by atoms with Gasteiger partial charge in [0.15, 0.2) is 0 Å². The highest BCUT2D eigenvalue weighted by Crippen LogP contribution is 2.34. The Kier molecular flexibility index (Phi) is 5.07. The third-order valence-corrected chi connectivity index (χ3v) is 3.69. The van der Waals surface area contributed by atoms with Crippen molar-refractivity contribution in [3.05, 3.63) is 0 Å². The molecule has 0 spiro atoms. The van der Waals surface area contributed by atoms with Gasteiger partial charge in [0.05, 0.1) is 11.7 Å². The van der Waals surface area contributed by atoms with E-state index in [4.69, 9.17) is 10.5 Å². The van der Waals surface area contributed by atoms with Gasteiger partial charge in [-0.15, -0.1) is 0 Å². The minimum atomic E-state index is -0.0158. The minimum absolute atomic E-state index is 0.0158. The van der Waals surface area contributed by atoms with Crippen molar-refractivity contribution >= 4 is 0 Å². The van der Waals surface area contributed by atoms with Crippen molar-refractivity contribution in [2.75, 3.05) is 6.54 Å². The maximum Gasteiger partial charge on any atom is 0.0807 e. The fourth-order valence-corrected chi connectivity index (χ4v) is 2.73. The van der Waals surface area contributed by atoms with E-state index in [9.17, 15) is 0 Å². The first kappa shape index (κ1) is 13.0. The van der Waals surface area contributed by atoms with Crippen LogP contribution in [0.15, 0.2) is 0 Å². The summed E-state index contributed by atoms with van der Waals surface area (Å²) in [5.41, 5.74) is 5.90. The number of hydrogen-bond donors (Lipinski definition) is 1. The molecule has 2 nitrogen and oxygen atoms in total. The molecule has 1 aliphatic carbocycles. The van der Waals surface area contributed by atoms with Gasteiger partial charge in [-0.1, -0.05) is 26.2 Å². The fraction of sp³-hybridized carbons (Fsp3) is 1.00. The Morgan fingerprint density at radius 2 is 2.07 bits per heavy atom. The van der Waals surface area contributed by atoms with E-state index in [-0.39, 0.29) is 5.60 Å².